The molecule has 4 nitrogen and oxygen atoms in total. The third-order valence-electron chi connectivity index (χ3n) is 3.93. The van der Waals surface area contributed by atoms with E-state index in [4.69, 9.17) is 9.31 Å². The highest BCUT2D eigenvalue weighted by Gasteiger charge is 2.51. The normalized spacial score (nSPS) is 18.8. The molecule has 0 saturated carbocycles. The van der Waals surface area contributed by atoms with Gasteiger partial charge >= 0.3 is 7.12 Å². The molecular formula is C16H20BNO3. The molecule has 21 heavy (non-hydrogen) atoms. The lowest BCUT2D eigenvalue weighted by atomic mass is 9.79. The van der Waals surface area contributed by atoms with E-state index in [0.29, 0.717) is 5.69 Å². The first-order valence-electron chi connectivity index (χ1n) is 6.94. The summed E-state index contributed by atoms with van der Waals surface area (Å²) in [5.74, 6) is 4.68. The summed E-state index contributed by atoms with van der Waals surface area (Å²) in [5.41, 5.74) is 0.902. The number of amides is 1. The Morgan fingerprint density at radius 2 is 1.62 bits per heavy atom. The van der Waals surface area contributed by atoms with E-state index in [9.17, 15) is 4.79 Å². The largest absolute Gasteiger partial charge is 0.494 e. The van der Waals surface area contributed by atoms with Crippen molar-refractivity contribution in [3.05, 3.63) is 24.3 Å². The zero-order chi connectivity index (χ0) is 15.7. The number of carbonyl (C=O) groups excluding carboxylic acids is 1. The van der Waals surface area contributed by atoms with Crippen molar-refractivity contribution >= 4 is 24.2 Å². The first-order chi connectivity index (χ1) is 9.75. The van der Waals surface area contributed by atoms with E-state index in [2.05, 4.69) is 17.2 Å². The molecule has 1 fully saturated rings. The predicted octanol–water partition coefficient (Wildman–Crippen LogP) is 1.95. The van der Waals surface area contributed by atoms with Gasteiger partial charge in [-0.2, -0.15) is 0 Å². The van der Waals surface area contributed by atoms with Crippen molar-refractivity contribution in [1.29, 1.82) is 0 Å². The second-order valence-corrected chi connectivity index (χ2v) is 6.04. The standard InChI is InChI=1S/C16H20BNO3/c1-6-7-14(19)18-13-10-8-12(9-11-13)17-20-15(2,3)16(4,5)21-17/h8-11H,1-5H3,(H,18,19). The van der Waals surface area contributed by atoms with Crippen molar-refractivity contribution in [2.24, 2.45) is 0 Å². The topological polar surface area (TPSA) is 47.6 Å². The van der Waals surface area contributed by atoms with E-state index in [1.165, 1.54) is 0 Å². The molecule has 0 atom stereocenters. The Bertz CT molecular complexity index is 580. The van der Waals surface area contributed by atoms with Crippen LogP contribution in [0.1, 0.15) is 34.6 Å². The van der Waals surface area contributed by atoms with Crippen molar-refractivity contribution in [1.82, 2.24) is 0 Å². The summed E-state index contributed by atoms with van der Waals surface area (Å²) >= 11 is 0. The molecular weight excluding hydrogens is 265 g/mol. The fourth-order valence-electron chi connectivity index (χ4n) is 1.98. The highest BCUT2D eigenvalue weighted by Crippen LogP contribution is 2.36. The Morgan fingerprint density at radius 1 is 1.10 bits per heavy atom. The smallest absolute Gasteiger partial charge is 0.399 e. The number of hydrogen-bond donors (Lipinski definition) is 1. The van der Waals surface area contributed by atoms with Gasteiger partial charge in [0.05, 0.1) is 11.2 Å². The molecule has 1 aromatic carbocycles. The molecule has 0 aliphatic carbocycles. The van der Waals surface area contributed by atoms with Crippen LogP contribution in [0, 0.1) is 11.8 Å². The Labute approximate surface area is 126 Å². The molecule has 1 amide bonds. The maximum atomic E-state index is 11.4. The van der Waals surface area contributed by atoms with Crippen LogP contribution in [0.15, 0.2) is 24.3 Å². The fraction of sp³-hybridized carbons (Fsp3) is 0.438. The van der Waals surface area contributed by atoms with E-state index in [1.807, 2.05) is 52.0 Å². The van der Waals surface area contributed by atoms with Crippen LogP contribution in [0.3, 0.4) is 0 Å². The monoisotopic (exact) mass is 285 g/mol. The number of nitrogens with one attached hydrogen (secondary N) is 1. The lowest BCUT2D eigenvalue weighted by molar-refractivity contribution is -0.111. The van der Waals surface area contributed by atoms with Gasteiger partial charge in [0.25, 0.3) is 5.91 Å². The van der Waals surface area contributed by atoms with Gasteiger partial charge in [-0.3, -0.25) is 4.79 Å². The van der Waals surface area contributed by atoms with Crippen LogP contribution in [-0.2, 0) is 14.1 Å². The van der Waals surface area contributed by atoms with Gasteiger partial charge in [-0.1, -0.05) is 18.1 Å². The molecule has 1 N–H and O–H groups in total. The van der Waals surface area contributed by atoms with Gasteiger partial charge in [0.15, 0.2) is 0 Å². The maximum absolute atomic E-state index is 11.4. The number of anilines is 1. The lowest BCUT2D eigenvalue weighted by Crippen LogP contribution is -2.41. The second-order valence-electron chi connectivity index (χ2n) is 6.04. The molecule has 0 unspecified atom stereocenters. The first kappa shape index (κ1) is 15.6. The molecule has 0 aromatic heterocycles. The summed E-state index contributed by atoms with van der Waals surface area (Å²) < 4.78 is 12.0. The van der Waals surface area contributed by atoms with Crippen molar-refractivity contribution in [2.45, 2.75) is 45.8 Å². The molecule has 2 rings (SSSR count). The number of rotatable bonds is 2. The third kappa shape index (κ3) is 3.29. The van der Waals surface area contributed by atoms with Crippen LogP contribution in [0.2, 0.25) is 0 Å². The third-order valence-corrected chi connectivity index (χ3v) is 3.93. The zero-order valence-electron chi connectivity index (χ0n) is 13.1. The van der Waals surface area contributed by atoms with Crippen molar-refractivity contribution in [3.8, 4) is 11.8 Å². The Balaban J connectivity index is 2.10. The molecule has 0 spiro atoms. The molecule has 5 heteroatoms. The van der Waals surface area contributed by atoms with Crippen LogP contribution < -0.4 is 10.8 Å². The summed E-state index contributed by atoms with van der Waals surface area (Å²) in [6.07, 6.45) is 0. The van der Waals surface area contributed by atoms with Gasteiger partial charge in [-0.15, -0.1) is 0 Å². The molecule has 110 valence electrons. The number of hydrogen-bond acceptors (Lipinski definition) is 3. The summed E-state index contributed by atoms with van der Waals surface area (Å²) in [7, 11) is -0.393. The van der Waals surface area contributed by atoms with Gasteiger partial charge < -0.3 is 14.6 Å². The molecule has 1 saturated heterocycles. The molecule has 1 aromatic rings. The minimum absolute atomic E-state index is 0.319. The maximum Gasteiger partial charge on any atom is 0.494 e. The second kappa shape index (κ2) is 5.55. The zero-order valence-corrected chi connectivity index (χ0v) is 13.1. The van der Waals surface area contributed by atoms with Gasteiger partial charge in [0, 0.05) is 5.69 Å². The van der Waals surface area contributed by atoms with Crippen molar-refractivity contribution in [2.75, 3.05) is 5.32 Å². The Morgan fingerprint density at radius 3 is 2.10 bits per heavy atom. The molecule has 1 aliphatic rings. The van der Waals surface area contributed by atoms with E-state index in [-0.39, 0.29) is 17.1 Å². The summed E-state index contributed by atoms with van der Waals surface area (Å²) in [4.78, 5) is 11.4. The van der Waals surface area contributed by atoms with Crippen molar-refractivity contribution < 1.29 is 14.1 Å². The van der Waals surface area contributed by atoms with E-state index in [1.54, 1.807) is 6.92 Å². The Hall–Kier alpha value is -1.77. The summed E-state index contributed by atoms with van der Waals surface area (Å²) in [5, 5.41) is 2.70. The highest BCUT2D eigenvalue weighted by molar-refractivity contribution is 6.62. The van der Waals surface area contributed by atoms with E-state index >= 15 is 0 Å². The van der Waals surface area contributed by atoms with E-state index in [0.717, 1.165) is 5.46 Å². The van der Waals surface area contributed by atoms with Gasteiger partial charge in [-0.05, 0) is 58.1 Å². The van der Waals surface area contributed by atoms with Crippen LogP contribution >= 0.6 is 0 Å². The molecule has 1 aliphatic heterocycles. The minimum Gasteiger partial charge on any atom is -0.399 e. The van der Waals surface area contributed by atoms with Gasteiger partial charge in [0.2, 0.25) is 0 Å². The quantitative estimate of drug-likeness (QED) is 0.667. The molecule has 1 heterocycles. The molecule has 0 bridgehead atoms. The fourth-order valence-corrected chi connectivity index (χ4v) is 1.98. The summed E-state index contributed by atoms with van der Waals surface area (Å²) in [6.45, 7) is 9.70. The summed E-state index contributed by atoms with van der Waals surface area (Å²) in [6, 6.07) is 7.40. The highest BCUT2D eigenvalue weighted by atomic mass is 16.7. The minimum atomic E-state index is -0.393. The van der Waals surface area contributed by atoms with Gasteiger partial charge in [-0.25, -0.2) is 0 Å². The van der Waals surface area contributed by atoms with Crippen LogP contribution in [0.4, 0.5) is 5.69 Å². The van der Waals surface area contributed by atoms with Gasteiger partial charge in [0.1, 0.15) is 0 Å². The van der Waals surface area contributed by atoms with Crippen LogP contribution in [-0.4, -0.2) is 24.2 Å². The Kier molecular flexibility index (Phi) is 4.13. The first-order valence-corrected chi connectivity index (χ1v) is 6.94. The average Bonchev–Trinajstić information content (AvgIpc) is 2.59. The lowest BCUT2D eigenvalue weighted by Gasteiger charge is -2.32. The number of benzene rings is 1. The van der Waals surface area contributed by atoms with Crippen LogP contribution in [0.5, 0.6) is 0 Å². The predicted molar refractivity (Wildman–Crippen MR) is 84.2 cm³/mol. The number of carbonyl (C=O) groups is 1. The SMILES string of the molecule is CC#CC(=O)Nc1ccc(B2OC(C)(C)C(C)(C)O2)cc1. The molecule has 0 radical (unpaired) electrons. The van der Waals surface area contributed by atoms with Crippen molar-refractivity contribution in [3.63, 3.8) is 0 Å². The average molecular weight is 285 g/mol. The van der Waals surface area contributed by atoms with E-state index < -0.39 is 7.12 Å². The van der Waals surface area contributed by atoms with Crippen LogP contribution in [0.25, 0.3) is 0 Å².